The molecule has 0 spiro atoms. The Morgan fingerprint density at radius 2 is 1.68 bits per heavy atom. The molecule has 2 N–H and O–H groups in total. The summed E-state index contributed by atoms with van der Waals surface area (Å²) < 4.78 is 0. The lowest BCUT2D eigenvalue weighted by Crippen LogP contribution is -2.45. The number of para-hydroxylation sites is 1. The maximum absolute atomic E-state index is 4.80. The van der Waals surface area contributed by atoms with Crippen LogP contribution >= 0.6 is 0 Å². The van der Waals surface area contributed by atoms with Crippen LogP contribution < -0.4 is 10.6 Å². The van der Waals surface area contributed by atoms with Crippen molar-refractivity contribution in [3.05, 3.63) is 54.6 Å². The first-order chi connectivity index (χ1) is 12.4. The Hall–Kier alpha value is -2.50. The van der Waals surface area contributed by atoms with Crippen molar-refractivity contribution in [3.63, 3.8) is 0 Å². The van der Waals surface area contributed by atoms with E-state index in [9.17, 15) is 0 Å². The van der Waals surface area contributed by atoms with Gasteiger partial charge in [-0.15, -0.1) is 0 Å². The Morgan fingerprint density at radius 3 is 2.52 bits per heavy atom. The molecule has 3 aromatic rings. The molecule has 1 fully saturated rings. The molecule has 1 saturated heterocycles. The van der Waals surface area contributed by atoms with Gasteiger partial charge in [-0.1, -0.05) is 42.5 Å². The van der Waals surface area contributed by atoms with Crippen LogP contribution in [0.5, 0.6) is 0 Å². The molecule has 5 nitrogen and oxygen atoms in total. The van der Waals surface area contributed by atoms with Gasteiger partial charge in [0.1, 0.15) is 5.82 Å². The van der Waals surface area contributed by atoms with Gasteiger partial charge in [-0.3, -0.25) is 4.90 Å². The van der Waals surface area contributed by atoms with E-state index in [2.05, 4.69) is 33.7 Å². The van der Waals surface area contributed by atoms with Crippen LogP contribution in [-0.4, -0.2) is 54.1 Å². The third-order valence-electron chi connectivity index (χ3n) is 4.57. The molecule has 0 atom stereocenters. The van der Waals surface area contributed by atoms with E-state index in [-0.39, 0.29) is 0 Å². The van der Waals surface area contributed by atoms with Crippen molar-refractivity contribution < 1.29 is 0 Å². The maximum Gasteiger partial charge on any atom is 0.162 e. The van der Waals surface area contributed by atoms with Gasteiger partial charge in [0.2, 0.25) is 0 Å². The van der Waals surface area contributed by atoms with Gasteiger partial charge in [-0.2, -0.15) is 0 Å². The molecule has 0 amide bonds. The van der Waals surface area contributed by atoms with Gasteiger partial charge in [0.15, 0.2) is 5.82 Å². The number of rotatable bonds is 5. The molecule has 0 aliphatic carbocycles. The fraction of sp³-hybridized carbons (Fsp3) is 0.300. The van der Waals surface area contributed by atoms with Gasteiger partial charge in [0, 0.05) is 50.2 Å². The van der Waals surface area contributed by atoms with E-state index in [1.54, 1.807) is 0 Å². The Bertz CT molecular complexity index is 828. The highest BCUT2D eigenvalue weighted by atomic mass is 15.2. The molecular formula is C20H23N5. The molecule has 5 heteroatoms. The molecule has 128 valence electrons. The van der Waals surface area contributed by atoms with Gasteiger partial charge in [-0.05, 0) is 12.1 Å². The topological polar surface area (TPSA) is 53.1 Å². The van der Waals surface area contributed by atoms with Crippen LogP contribution in [0.25, 0.3) is 22.3 Å². The zero-order valence-corrected chi connectivity index (χ0v) is 14.3. The Morgan fingerprint density at radius 1 is 0.920 bits per heavy atom. The molecular weight excluding hydrogens is 310 g/mol. The third-order valence-corrected chi connectivity index (χ3v) is 4.57. The minimum absolute atomic E-state index is 0.768. The van der Waals surface area contributed by atoms with Gasteiger partial charge in [-0.25, -0.2) is 9.97 Å². The van der Waals surface area contributed by atoms with Crippen molar-refractivity contribution in [1.82, 2.24) is 20.2 Å². The third kappa shape index (κ3) is 3.78. The van der Waals surface area contributed by atoms with Crippen molar-refractivity contribution in [1.29, 1.82) is 0 Å². The maximum atomic E-state index is 4.80. The first kappa shape index (κ1) is 16.0. The van der Waals surface area contributed by atoms with Crippen LogP contribution in [0.1, 0.15) is 0 Å². The normalized spacial score (nSPS) is 15.4. The lowest BCUT2D eigenvalue weighted by Gasteiger charge is -2.27. The molecule has 0 radical (unpaired) electrons. The molecule has 2 aromatic carbocycles. The summed E-state index contributed by atoms with van der Waals surface area (Å²) in [5, 5.41) is 7.99. The number of benzene rings is 2. The van der Waals surface area contributed by atoms with Crippen LogP contribution in [-0.2, 0) is 0 Å². The highest BCUT2D eigenvalue weighted by molar-refractivity contribution is 5.90. The number of hydrogen-bond donors (Lipinski definition) is 2. The molecule has 1 aliphatic heterocycles. The van der Waals surface area contributed by atoms with Gasteiger partial charge < -0.3 is 10.6 Å². The van der Waals surface area contributed by atoms with E-state index in [1.165, 1.54) is 0 Å². The quantitative estimate of drug-likeness (QED) is 0.752. The molecule has 4 rings (SSSR count). The monoisotopic (exact) mass is 333 g/mol. The number of fused-ring (bicyclic) bond motifs is 1. The van der Waals surface area contributed by atoms with Crippen molar-refractivity contribution >= 4 is 16.7 Å². The van der Waals surface area contributed by atoms with Crippen molar-refractivity contribution in [2.75, 3.05) is 44.6 Å². The fourth-order valence-electron chi connectivity index (χ4n) is 3.19. The smallest absolute Gasteiger partial charge is 0.162 e. The molecule has 0 saturated carbocycles. The van der Waals surface area contributed by atoms with Crippen molar-refractivity contribution in [2.45, 2.75) is 0 Å². The van der Waals surface area contributed by atoms with E-state index < -0.39 is 0 Å². The number of piperazine rings is 1. The van der Waals surface area contributed by atoms with Crippen LogP contribution in [0, 0.1) is 0 Å². The van der Waals surface area contributed by atoms with Crippen LogP contribution in [0.4, 0.5) is 5.82 Å². The summed E-state index contributed by atoms with van der Waals surface area (Å²) in [6.45, 7) is 6.29. The first-order valence-corrected chi connectivity index (χ1v) is 8.89. The minimum Gasteiger partial charge on any atom is -0.368 e. The van der Waals surface area contributed by atoms with E-state index in [0.717, 1.165) is 67.4 Å². The average molecular weight is 333 g/mol. The van der Waals surface area contributed by atoms with E-state index in [4.69, 9.17) is 9.97 Å². The van der Waals surface area contributed by atoms with Gasteiger partial charge in [0.25, 0.3) is 0 Å². The molecule has 0 unspecified atom stereocenters. The largest absolute Gasteiger partial charge is 0.368 e. The zero-order valence-electron chi connectivity index (χ0n) is 14.3. The summed E-state index contributed by atoms with van der Waals surface area (Å²) >= 11 is 0. The summed E-state index contributed by atoms with van der Waals surface area (Å²) in [5.41, 5.74) is 2.01. The number of nitrogens with zero attached hydrogens (tertiary/aromatic N) is 3. The predicted octanol–water partition coefficient (Wildman–Crippen LogP) is 2.61. The number of aromatic nitrogens is 2. The highest BCUT2D eigenvalue weighted by Gasteiger charge is 2.11. The van der Waals surface area contributed by atoms with E-state index >= 15 is 0 Å². The SMILES string of the molecule is c1ccc(-c2nc(NCCN3CCNCC3)c3ccccc3n2)cc1. The second-order valence-electron chi connectivity index (χ2n) is 6.30. The van der Waals surface area contributed by atoms with Gasteiger partial charge >= 0.3 is 0 Å². The van der Waals surface area contributed by atoms with E-state index in [1.807, 2.05) is 36.4 Å². The number of nitrogens with one attached hydrogen (secondary N) is 2. The summed E-state index contributed by atoms with van der Waals surface area (Å²) in [6.07, 6.45) is 0. The van der Waals surface area contributed by atoms with Crippen LogP contribution in [0.3, 0.4) is 0 Å². The van der Waals surface area contributed by atoms with Crippen molar-refractivity contribution in [2.24, 2.45) is 0 Å². The van der Waals surface area contributed by atoms with E-state index in [0.29, 0.717) is 0 Å². The average Bonchev–Trinajstić information content (AvgIpc) is 2.69. The molecule has 1 aliphatic rings. The standard InChI is InChI=1S/C20H23N5/c1-2-6-16(7-3-1)19-23-18-9-5-4-8-17(18)20(24-19)22-12-15-25-13-10-21-11-14-25/h1-9,21H,10-15H2,(H,22,23,24). The fourth-order valence-corrected chi connectivity index (χ4v) is 3.19. The zero-order chi connectivity index (χ0) is 16.9. The number of hydrogen-bond acceptors (Lipinski definition) is 5. The summed E-state index contributed by atoms with van der Waals surface area (Å²) in [6, 6.07) is 18.3. The first-order valence-electron chi connectivity index (χ1n) is 8.89. The summed E-state index contributed by atoms with van der Waals surface area (Å²) in [7, 11) is 0. The summed E-state index contributed by atoms with van der Waals surface area (Å²) in [4.78, 5) is 12.0. The molecule has 0 bridgehead atoms. The Labute approximate surface area is 148 Å². The van der Waals surface area contributed by atoms with Gasteiger partial charge in [0.05, 0.1) is 5.52 Å². The predicted molar refractivity (Wildman–Crippen MR) is 103 cm³/mol. The van der Waals surface area contributed by atoms with Crippen LogP contribution in [0.2, 0.25) is 0 Å². The second-order valence-corrected chi connectivity index (χ2v) is 6.30. The van der Waals surface area contributed by atoms with Crippen LogP contribution in [0.15, 0.2) is 54.6 Å². The minimum atomic E-state index is 0.768. The summed E-state index contributed by atoms with van der Waals surface area (Å²) in [5.74, 6) is 1.68. The lowest BCUT2D eigenvalue weighted by atomic mass is 10.2. The molecule has 2 heterocycles. The second kappa shape index (κ2) is 7.59. The number of anilines is 1. The Balaban J connectivity index is 1.58. The van der Waals surface area contributed by atoms with Crippen molar-refractivity contribution in [3.8, 4) is 11.4 Å². The molecule has 25 heavy (non-hydrogen) atoms. The Kier molecular flexibility index (Phi) is 4.86. The molecule has 1 aromatic heterocycles. The lowest BCUT2D eigenvalue weighted by molar-refractivity contribution is 0.249. The highest BCUT2D eigenvalue weighted by Crippen LogP contribution is 2.24.